The van der Waals surface area contributed by atoms with Crippen LogP contribution in [0.25, 0.3) is 16.9 Å². The lowest BCUT2D eigenvalue weighted by Gasteiger charge is -2.06. The second-order valence-electron chi connectivity index (χ2n) is 4.98. The van der Waals surface area contributed by atoms with Crippen molar-refractivity contribution in [1.82, 2.24) is 19.3 Å². The van der Waals surface area contributed by atoms with Crippen molar-refractivity contribution >= 4 is 23.4 Å². The van der Waals surface area contributed by atoms with Gasteiger partial charge in [-0.2, -0.15) is 5.10 Å². The Kier molecular flexibility index (Phi) is 3.55. The summed E-state index contributed by atoms with van der Waals surface area (Å²) in [6.07, 6.45) is 2.00. The van der Waals surface area contributed by atoms with Crippen molar-refractivity contribution < 1.29 is 4.74 Å². The number of benzene rings is 1. The Morgan fingerprint density at radius 3 is 2.62 bits per heavy atom. The number of methoxy groups -OCH3 is 1. The molecular formula is C15H18N4OS. The predicted molar refractivity (Wildman–Crippen MR) is 85.8 cm³/mol. The summed E-state index contributed by atoms with van der Waals surface area (Å²) in [5.74, 6) is 0.828. The zero-order valence-corrected chi connectivity index (χ0v) is 13.2. The van der Waals surface area contributed by atoms with Crippen LogP contribution in [-0.2, 0) is 13.5 Å². The van der Waals surface area contributed by atoms with Crippen LogP contribution in [0.15, 0.2) is 24.3 Å². The quantitative estimate of drug-likeness (QED) is 0.752. The van der Waals surface area contributed by atoms with Crippen LogP contribution in [-0.4, -0.2) is 26.4 Å². The topological polar surface area (TPSA) is 47.8 Å². The van der Waals surface area contributed by atoms with Gasteiger partial charge in [0.1, 0.15) is 11.3 Å². The van der Waals surface area contributed by atoms with E-state index in [0.29, 0.717) is 4.77 Å². The normalized spacial score (nSPS) is 11.2. The fourth-order valence-electron chi connectivity index (χ4n) is 2.60. The molecule has 3 aromatic rings. The number of hydrogen-bond donors (Lipinski definition) is 1. The molecule has 0 atom stereocenters. The fourth-order valence-corrected chi connectivity index (χ4v) is 2.89. The molecule has 0 bridgehead atoms. The van der Waals surface area contributed by atoms with Crippen LogP contribution in [0.3, 0.4) is 0 Å². The van der Waals surface area contributed by atoms with E-state index in [-0.39, 0.29) is 0 Å². The van der Waals surface area contributed by atoms with Crippen LogP contribution in [0.4, 0.5) is 0 Å². The summed E-state index contributed by atoms with van der Waals surface area (Å²) in [6.45, 7) is 2.15. The van der Waals surface area contributed by atoms with Crippen LogP contribution in [0, 0.1) is 4.77 Å². The molecule has 0 amide bonds. The maximum Gasteiger partial charge on any atom is 0.184 e. The van der Waals surface area contributed by atoms with Crippen molar-refractivity contribution in [1.29, 1.82) is 0 Å². The van der Waals surface area contributed by atoms with Crippen molar-refractivity contribution in [2.75, 3.05) is 7.11 Å². The van der Waals surface area contributed by atoms with Gasteiger partial charge in [0.15, 0.2) is 10.4 Å². The van der Waals surface area contributed by atoms with Gasteiger partial charge in [-0.1, -0.05) is 13.3 Å². The van der Waals surface area contributed by atoms with Gasteiger partial charge in [0.2, 0.25) is 0 Å². The Labute approximate surface area is 128 Å². The zero-order chi connectivity index (χ0) is 15.0. The van der Waals surface area contributed by atoms with Gasteiger partial charge in [0.05, 0.1) is 18.5 Å². The minimum Gasteiger partial charge on any atom is -0.497 e. The Hall–Kier alpha value is -2.08. The second-order valence-corrected chi connectivity index (χ2v) is 5.37. The van der Waals surface area contributed by atoms with E-state index in [2.05, 4.69) is 17.0 Å². The Bertz CT molecular complexity index is 826. The van der Waals surface area contributed by atoms with Crippen LogP contribution < -0.4 is 4.74 Å². The van der Waals surface area contributed by atoms with E-state index >= 15 is 0 Å². The first kappa shape index (κ1) is 13.9. The monoisotopic (exact) mass is 302 g/mol. The van der Waals surface area contributed by atoms with Crippen LogP contribution in [0.1, 0.15) is 19.0 Å². The number of rotatable bonds is 4. The Balaban J connectivity index is 2.21. The molecule has 1 aromatic carbocycles. The number of aryl methyl sites for hydroxylation is 2. The third-order valence-electron chi connectivity index (χ3n) is 3.55. The van der Waals surface area contributed by atoms with Crippen molar-refractivity contribution in [2.45, 2.75) is 19.8 Å². The van der Waals surface area contributed by atoms with Gasteiger partial charge < -0.3 is 9.72 Å². The largest absolute Gasteiger partial charge is 0.497 e. The standard InChI is InChI=1S/C15H18N4OS/c1-4-5-12-13-14(18(2)17-12)19(15(21)16-13)10-6-8-11(20-3)9-7-10/h6-9H,4-5H2,1-3H3,(H,16,21). The lowest BCUT2D eigenvalue weighted by atomic mass is 10.2. The van der Waals surface area contributed by atoms with E-state index in [1.165, 1.54) is 0 Å². The molecule has 1 N–H and O–H groups in total. The van der Waals surface area contributed by atoms with Gasteiger partial charge in [-0.3, -0.25) is 4.57 Å². The molecule has 21 heavy (non-hydrogen) atoms. The summed E-state index contributed by atoms with van der Waals surface area (Å²) in [5.41, 5.74) is 4.08. The zero-order valence-electron chi connectivity index (χ0n) is 12.4. The molecule has 0 saturated carbocycles. The highest BCUT2D eigenvalue weighted by atomic mass is 32.1. The molecule has 110 valence electrons. The molecule has 0 radical (unpaired) electrons. The molecule has 5 nitrogen and oxygen atoms in total. The molecule has 0 aliphatic rings. The highest BCUT2D eigenvalue weighted by molar-refractivity contribution is 7.71. The highest BCUT2D eigenvalue weighted by Gasteiger charge is 2.15. The third kappa shape index (κ3) is 2.25. The number of nitrogens with zero attached hydrogens (tertiary/aromatic N) is 3. The number of aromatic amines is 1. The number of imidazole rings is 1. The first-order valence-corrected chi connectivity index (χ1v) is 7.37. The predicted octanol–water partition coefficient (Wildman–Crippen LogP) is 3.38. The van der Waals surface area contributed by atoms with E-state index < -0.39 is 0 Å². The maximum absolute atomic E-state index is 5.49. The number of nitrogens with one attached hydrogen (secondary N) is 1. The molecular weight excluding hydrogens is 284 g/mol. The molecule has 6 heteroatoms. The van der Waals surface area contributed by atoms with E-state index in [0.717, 1.165) is 41.1 Å². The first-order valence-electron chi connectivity index (χ1n) is 6.96. The maximum atomic E-state index is 5.49. The number of hydrogen-bond acceptors (Lipinski definition) is 3. The van der Waals surface area contributed by atoms with Gasteiger partial charge in [0, 0.05) is 7.05 Å². The van der Waals surface area contributed by atoms with Crippen LogP contribution in [0.5, 0.6) is 5.75 Å². The number of H-pyrrole nitrogens is 1. The summed E-state index contributed by atoms with van der Waals surface area (Å²) in [6, 6.07) is 7.85. The van der Waals surface area contributed by atoms with Crippen molar-refractivity contribution in [3.8, 4) is 11.4 Å². The lowest BCUT2D eigenvalue weighted by Crippen LogP contribution is -2.01. The highest BCUT2D eigenvalue weighted by Crippen LogP contribution is 2.24. The SMILES string of the molecule is CCCc1nn(C)c2c1[nH]c(=S)n2-c1ccc(OC)cc1. The molecule has 0 unspecified atom stereocenters. The molecule has 0 aliphatic heterocycles. The van der Waals surface area contributed by atoms with Gasteiger partial charge in [-0.05, 0) is 42.9 Å². The van der Waals surface area contributed by atoms with Crippen molar-refractivity contribution in [3.05, 3.63) is 34.7 Å². The molecule has 2 heterocycles. The van der Waals surface area contributed by atoms with Crippen LogP contribution in [0.2, 0.25) is 0 Å². The third-order valence-corrected chi connectivity index (χ3v) is 3.84. The summed E-state index contributed by atoms with van der Waals surface area (Å²) in [5, 5.41) is 4.59. The van der Waals surface area contributed by atoms with Crippen molar-refractivity contribution in [3.63, 3.8) is 0 Å². The van der Waals surface area contributed by atoms with E-state index in [9.17, 15) is 0 Å². The second kappa shape index (κ2) is 5.37. The first-order chi connectivity index (χ1) is 10.2. The average Bonchev–Trinajstić information content (AvgIpc) is 2.97. The Morgan fingerprint density at radius 2 is 2.00 bits per heavy atom. The van der Waals surface area contributed by atoms with Crippen molar-refractivity contribution in [2.24, 2.45) is 7.05 Å². The van der Waals surface area contributed by atoms with E-state index in [4.69, 9.17) is 17.0 Å². The molecule has 0 spiro atoms. The minimum atomic E-state index is 0.681. The summed E-state index contributed by atoms with van der Waals surface area (Å²) in [4.78, 5) is 3.29. The number of aromatic nitrogens is 4. The van der Waals surface area contributed by atoms with Gasteiger partial charge in [-0.25, -0.2) is 4.68 Å². The minimum absolute atomic E-state index is 0.681. The lowest BCUT2D eigenvalue weighted by molar-refractivity contribution is 0.414. The molecule has 0 fully saturated rings. The number of fused-ring (bicyclic) bond motifs is 1. The summed E-state index contributed by atoms with van der Waals surface area (Å²) >= 11 is 5.49. The average molecular weight is 302 g/mol. The smallest absolute Gasteiger partial charge is 0.184 e. The van der Waals surface area contributed by atoms with Gasteiger partial charge in [-0.15, -0.1) is 0 Å². The van der Waals surface area contributed by atoms with E-state index in [1.807, 2.05) is 40.6 Å². The van der Waals surface area contributed by atoms with Crippen LogP contribution >= 0.6 is 12.2 Å². The summed E-state index contributed by atoms with van der Waals surface area (Å²) in [7, 11) is 3.61. The molecule has 3 rings (SSSR count). The van der Waals surface area contributed by atoms with E-state index in [1.54, 1.807) is 7.11 Å². The number of ether oxygens (including phenoxy) is 1. The van der Waals surface area contributed by atoms with Gasteiger partial charge in [0.25, 0.3) is 0 Å². The molecule has 2 aromatic heterocycles. The summed E-state index contributed by atoms with van der Waals surface area (Å²) < 4.78 is 9.78. The molecule has 0 saturated heterocycles. The molecule has 0 aliphatic carbocycles. The fraction of sp³-hybridized carbons (Fsp3) is 0.333. The Morgan fingerprint density at radius 1 is 1.29 bits per heavy atom. The van der Waals surface area contributed by atoms with Gasteiger partial charge >= 0.3 is 0 Å².